The van der Waals surface area contributed by atoms with E-state index in [4.69, 9.17) is 19.9 Å². The smallest absolute Gasteiger partial charge is 0.328 e. The fourth-order valence-corrected chi connectivity index (χ4v) is 6.82. The van der Waals surface area contributed by atoms with Gasteiger partial charge in [-0.25, -0.2) is 4.79 Å². The molecular weight excluding hydrogens is 648 g/mol. The van der Waals surface area contributed by atoms with Crippen LogP contribution in [0.25, 0.3) is 32.7 Å². The molecule has 4 aromatic carbocycles. The number of allylic oxidation sites excluding steroid dienone is 1. The number of hydrogen-bond donors (Lipinski definition) is 4. The van der Waals surface area contributed by atoms with Crippen LogP contribution < -0.4 is 31.2 Å². The summed E-state index contributed by atoms with van der Waals surface area (Å²) >= 11 is 0. The lowest BCUT2D eigenvalue weighted by molar-refractivity contribution is -0.145. The average Bonchev–Trinajstić information content (AvgIpc) is 3.13. The van der Waals surface area contributed by atoms with Gasteiger partial charge >= 0.3 is 5.97 Å². The number of carbonyl (C=O) groups is 4. The number of benzene rings is 4. The highest BCUT2D eigenvalue weighted by molar-refractivity contribution is 6.11. The molecule has 0 radical (unpaired) electrons. The van der Waals surface area contributed by atoms with Crippen LogP contribution in [0.1, 0.15) is 43.7 Å². The van der Waals surface area contributed by atoms with Gasteiger partial charge in [0.25, 0.3) is 0 Å². The van der Waals surface area contributed by atoms with Gasteiger partial charge in [0.15, 0.2) is 0 Å². The van der Waals surface area contributed by atoms with Gasteiger partial charge < -0.3 is 35.9 Å². The van der Waals surface area contributed by atoms with Crippen LogP contribution in [0.4, 0.5) is 0 Å². The van der Waals surface area contributed by atoms with Crippen LogP contribution in [-0.2, 0) is 36.8 Å². The molecule has 0 aliphatic carbocycles. The van der Waals surface area contributed by atoms with Crippen molar-refractivity contribution < 1.29 is 33.4 Å². The fourth-order valence-electron chi connectivity index (χ4n) is 6.82. The van der Waals surface area contributed by atoms with Crippen molar-refractivity contribution in [3.8, 4) is 22.6 Å². The molecule has 11 heteroatoms. The van der Waals surface area contributed by atoms with Crippen molar-refractivity contribution >= 4 is 45.2 Å². The lowest BCUT2D eigenvalue weighted by Gasteiger charge is -2.26. The number of carbonyl (C=O) groups excluding carboxylic acids is 4. The molecule has 1 unspecified atom stereocenters. The van der Waals surface area contributed by atoms with Crippen LogP contribution >= 0.6 is 0 Å². The fraction of sp³-hybridized carbons (Fsp3) is 0.350. The first-order chi connectivity index (χ1) is 24.7. The first kappa shape index (κ1) is 36.9. The van der Waals surface area contributed by atoms with E-state index in [9.17, 15) is 19.2 Å². The van der Waals surface area contributed by atoms with E-state index in [1.165, 1.54) is 14.0 Å². The molecule has 0 saturated heterocycles. The topological polar surface area (TPSA) is 158 Å². The number of unbranched alkanes of at least 4 members (excludes halogenated alkanes) is 1. The predicted octanol–water partition coefficient (Wildman–Crippen LogP) is 4.50. The number of methoxy groups -OCH3 is 3. The Kier molecular flexibility index (Phi) is 12.3. The zero-order chi connectivity index (χ0) is 36.5. The van der Waals surface area contributed by atoms with E-state index in [-0.39, 0.29) is 19.3 Å². The van der Waals surface area contributed by atoms with Crippen molar-refractivity contribution in [2.75, 3.05) is 27.9 Å². The molecule has 0 spiro atoms. The number of esters is 1. The van der Waals surface area contributed by atoms with Crippen LogP contribution in [0.2, 0.25) is 0 Å². The van der Waals surface area contributed by atoms with Crippen LogP contribution in [0, 0.1) is 0 Å². The highest BCUT2D eigenvalue weighted by atomic mass is 16.5. The van der Waals surface area contributed by atoms with Crippen molar-refractivity contribution in [2.24, 2.45) is 5.73 Å². The molecular formula is C40H46N4O7. The van der Waals surface area contributed by atoms with Crippen molar-refractivity contribution in [1.29, 1.82) is 0 Å². The van der Waals surface area contributed by atoms with Crippen LogP contribution in [-0.4, -0.2) is 69.7 Å². The molecule has 11 nitrogen and oxygen atoms in total. The van der Waals surface area contributed by atoms with Crippen LogP contribution in [0.5, 0.6) is 11.5 Å². The zero-order valence-electron chi connectivity index (χ0n) is 29.5. The number of hydrogen-bond acceptors (Lipinski definition) is 8. The zero-order valence-corrected chi connectivity index (χ0v) is 29.5. The van der Waals surface area contributed by atoms with E-state index < -0.39 is 41.8 Å². The first-order valence-electron chi connectivity index (χ1n) is 17.2. The van der Waals surface area contributed by atoms with E-state index in [1.807, 2.05) is 66.7 Å². The Bertz CT molecular complexity index is 1960. The number of nitrogens with two attached hydrogens (primary N) is 1. The molecule has 0 saturated carbocycles. The number of nitrogens with one attached hydrogen (secondary N) is 3. The Morgan fingerprint density at radius 3 is 2.02 bits per heavy atom. The summed E-state index contributed by atoms with van der Waals surface area (Å²) < 4.78 is 17.4. The number of ether oxygens (including phenoxy) is 3. The molecule has 3 amide bonds. The lowest BCUT2D eigenvalue weighted by atomic mass is 9.87. The summed E-state index contributed by atoms with van der Waals surface area (Å²) in [6.45, 7) is 1.75. The normalized spacial score (nSPS) is 18.9. The third-order valence-electron chi connectivity index (χ3n) is 9.19. The highest BCUT2D eigenvalue weighted by Crippen LogP contribution is 2.48. The summed E-state index contributed by atoms with van der Waals surface area (Å²) in [4.78, 5) is 53.2. The van der Waals surface area contributed by atoms with Gasteiger partial charge in [-0.1, -0.05) is 60.7 Å². The predicted molar refractivity (Wildman–Crippen MR) is 198 cm³/mol. The maximum absolute atomic E-state index is 14.1. The SMILES string of the molecule is COC(=O)[C@@H]1C/C=C\Cc2cc3ccccc3c(c2OC)-c2c(OC)c(cc3ccccc23)CC(NC(C)=O)C(=O)N[C@@H](CCCCN)C(=O)N1. The van der Waals surface area contributed by atoms with Gasteiger partial charge in [-0.05, 0) is 83.5 Å². The number of amides is 3. The van der Waals surface area contributed by atoms with E-state index in [1.54, 1.807) is 14.2 Å². The van der Waals surface area contributed by atoms with Gasteiger partial charge in [-0.3, -0.25) is 14.4 Å². The summed E-state index contributed by atoms with van der Waals surface area (Å²) in [6, 6.07) is 17.0. The molecule has 1 heterocycles. The quantitative estimate of drug-likeness (QED) is 0.119. The molecule has 268 valence electrons. The Hall–Kier alpha value is -5.42. The maximum Gasteiger partial charge on any atom is 0.328 e. The second kappa shape index (κ2) is 17.0. The van der Waals surface area contributed by atoms with Crippen LogP contribution in [0.3, 0.4) is 0 Å². The Balaban J connectivity index is 1.78. The summed E-state index contributed by atoms with van der Waals surface area (Å²) in [6.07, 6.45) is 5.89. The van der Waals surface area contributed by atoms with Gasteiger partial charge in [0.1, 0.15) is 29.6 Å². The van der Waals surface area contributed by atoms with Gasteiger partial charge in [0, 0.05) is 24.5 Å². The second-order valence-electron chi connectivity index (χ2n) is 12.6. The maximum atomic E-state index is 14.1. The molecule has 1 aliphatic heterocycles. The molecule has 4 aromatic rings. The van der Waals surface area contributed by atoms with Crippen LogP contribution in [0.15, 0.2) is 72.8 Å². The Labute approximate surface area is 297 Å². The summed E-state index contributed by atoms with van der Waals surface area (Å²) in [5.74, 6) is -0.955. The minimum Gasteiger partial charge on any atom is -0.496 e. The third kappa shape index (κ3) is 8.32. The van der Waals surface area contributed by atoms with E-state index in [0.29, 0.717) is 42.9 Å². The Morgan fingerprint density at radius 2 is 1.43 bits per heavy atom. The van der Waals surface area contributed by atoms with Gasteiger partial charge in [0.05, 0.1) is 21.3 Å². The monoisotopic (exact) mass is 694 g/mol. The van der Waals surface area contributed by atoms with Crippen molar-refractivity contribution in [3.05, 3.63) is 83.9 Å². The van der Waals surface area contributed by atoms with Gasteiger partial charge in [-0.15, -0.1) is 0 Å². The van der Waals surface area contributed by atoms with Gasteiger partial charge in [-0.2, -0.15) is 0 Å². The summed E-state index contributed by atoms with van der Waals surface area (Å²) in [7, 11) is 4.49. The van der Waals surface area contributed by atoms with Crippen molar-refractivity contribution in [3.63, 3.8) is 0 Å². The van der Waals surface area contributed by atoms with Crippen molar-refractivity contribution in [1.82, 2.24) is 16.0 Å². The Morgan fingerprint density at radius 1 is 0.824 bits per heavy atom. The molecule has 5 N–H and O–H groups in total. The molecule has 4 bridgehead atoms. The minimum atomic E-state index is -1.07. The average molecular weight is 695 g/mol. The van der Waals surface area contributed by atoms with Gasteiger partial charge in [0.2, 0.25) is 17.7 Å². The molecule has 0 aromatic heterocycles. The second-order valence-corrected chi connectivity index (χ2v) is 12.6. The molecule has 51 heavy (non-hydrogen) atoms. The van der Waals surface area contributed by atoms with E-state index in [2.05, 4.69) is 22.0 Å². The molecule has 3 atom stereocenters. The molecule has 1 aliphatic rings. The lowest BCUT2D eigenvalue weighted by Crippen LogP contribution is -2.56. The summed E-state index contributed by atoms with van der Waals surface area (Å²) in [5, 5.41) is 12.2. The standard InChI is InChI=1S/C40H46N4O7/c1-24(45)42-33-23-28-22-26-14-6-9-17-30(26)35(37(28)50-3)34-29-16-8-5-13-25(29)21-27(36(34)49-2)15-7-10-19-32(40(48)51-4)44-38(46)31(43-39(33)47)18-11-12-20-41/h5-10,13-14,16-17,21-22,31-33H,11-12,15,18-20,23,41H2,1-4H3,(H,42,45)(H,43,47)(H,44,46)/b10-7-/t31-,32-,33?/m0/s1. The first-order valence-corrected chi connectivity index (χ1v) is 17.2. The largest absolute Gasteiger partial charge is 0.496 e. The number of fused-ring (bicyclic) bond motifs is 9. The van der Waals surface area contributed by atoms with Crippen molar-refractivity contribution in [2.45, 2.75) is 63.6 Å². The molecule has 5 rings (SSSR count). The van der Waals surface area contributed by atoms with E-state index >= 15 is 0 Å². The minimum absolute atomic E-state index is 0.0526. The summed E-state index contributed by atoms with van der Waals surface area (Å²) in [5.41, 5.74) is 8.92. The third-order valence-corrected chi connectivity index (χ3v) is 9.19. The number of rotatable bonds is 8. The molecule has 0 fully saturated rings. The van der Waals surface area contributed by atoms with E-state index in [0.717, 1.165) is 38.2 Å². The highest BCUT2D eigenvalue weighted by Gasteiger charge is 2.31.